The van der Waals surface area contributed by atoms with Crippen LogP contribution in [-0.2, 0) is 16.9 Å². The molecule has 3 heterocycles. The van der Waals surface area contributed by atoms with E-state index in [-0.39, 0.29) is 6.54 Å². The molecule has 1 fully saturated rings. The Morgan fingerprint density at radius 1 is 1.16 bits per heavy atom. The molecule has 7 heteroatoms. The summed E-state index contributed by atoms with van der Waals surface area (Å²) < 4.78 is 10.6. The van der Waals surface area contributed by atoms with Gasteiger partial charge in [0.2, 0.25) is 0 Å². The Labute approximate surface area is 143 Å². The minimum absolute atomic E-state index is 0.0251. The molecule has 0 saturated carbocycles. The number of nitrogens with one attached hydrogen (secondary N) is 1. The minimum atomic E-state index is -1.22. The van der Waals surface area contributed by atoms with Crippen LogP contribution in [0.5, 0.6) is 0 Å². The maximum Gasteiger partial charge on any atom is 0.325 e. The van der Waals surface area contributed by atoms with Gasteiger partial charge in [-0.05, 0) is 19.1 Å². The normalized spacial score (nSPS) is 20.1. The number of furan rings is 1. The molecule has 126 valence electrons. The van der Waals surface area contributed by atoms with Crippen LogP contribution in [0.15, 0.2) is 63.7 Å². The second-order valence-electron chi connectivity index (χ2n) is 5.97. The molecule has 0 aliphatic carbocycles. The van der Waals surface area contributed by atoms with Crippen LogP contribution < -0.4 is 5.32 Å². The molecule has 3 amide bonds. The second-order valence-corrected chi connectivity index (χ2v) is 5.97. The molecular formula is C18H15N3O4. The second kappa shape index (κ2) is 5.62. The maximum absolute atomic E-state index is 12.7. The number of carbonyl (C=O) groups excluding carboxylic acids is 2. The van der Waals surface area contributed by atoms with Gasteiger partial charge in [-0.3, -0.25) is 9.69 Å². The summed E-state index contributed by atoms with van der Waals surface area (Å²) in [5.41, 5.74) is 0.150. The molecule has 1 N–H and O–H groups in total. The maximum atomic E-state index is 12.7. The van der Waals surface area contributed by atoms with Crippen LogP contribution in [0.25, 0.3) is 11.3 Å². The first-order valence-electron chi connectivity index (χ1n) is 7.77. The van der Waals surface area contributed by atoms with E-state index in [9.17, 15) is 9.59 Å². The summed E-state index contributed by atoms with van der Waals surface area (Å²) in [6, 6.07) is 14.0. The van der Waals surface area contributed by atoms with Gasteiger partial charge in [0.25, 0.3) is 5.91 Å². The number of aromatic nitrogens is 1. The number of amides is 3. The number of urea groups is 1. The van der Waals surface area contributed by atoms with Crippen LogP contribution >= 0.6 is 0 Å². The Hall–Kier alpha value is -3.35. The van der Waals surface area contributed by atoms with Crippen LogP contribution in [0.4, 0.5) is 4.79 Å². The molecule has 1 unspecified atom stereocenters. The summed E-state index contributed by atoms with van der Waals surface area (Å²) in [5.74, 6) is 0.576. The van der Waals surface area contributed by atoms with Crippen LogP contribution in [0.2, 0.25) is 0 Å². The summed E-state index contributed by atoms with van der Waals surface area (Å²) in [6.45, 7) is 1.64. The number of rotatable bonds is 4. The molecule has 7 nitrogen and oxygen atoms in total. The fourth-order valence-electron chi connectivity index (χ4n) is 2.86. The van der Waals surface area contributed by atoms with E-state index in [1.165, 1.54) is 6.26 Å². The van der Waals surface area contributed by atoms with Crippen molar-refractivity contribution in [1.82, 2.24) is 15.4 Å². The molecule has 0 bridgehead atoms. The minimum Gasteiger partial charge on any atom is -0.466 e. The molecule has 0 radical (unpaired) electrons. The molecule has 1 atom stereocenters. The first-order valence-corrected chi connectivity index (χ1v) is 7.77. The van der Waals surface area contributed by atoms with E-state index in [1.54, 1.807) is 25.1 Å². The van der Waals surface area contributed by atoms with Crippen molar-refractivity contribution in [2.45, 2.75) is 19.0 Å². The predicted molar refractivity (Wildman–Crippen MR) is 87.1 cm³/mol. The van der Waals surface area contributed by atoms with Gasteiger partial charge < -0.3 is 14.3 Å². The first-order chi connectivity index (χ1) is 12.1. The number of nitrogens with zero attached hydrogens (tertiary/aromatic N) is 2. The van der Waals surface area contributed by atoms with E-state index in [1.807, 2.05) is 30.3 Å². The van der Waals surface area contributed by atoms with Crippen molar-refractivity contribution < 1.29 is 18.5 Å². The van der Waals surface area contributed by atoms with Crippen LogP contribution in [0, 0.1) is 0 Å². The van der Waals surface area contributed by atoms with E-state index in [4.69, 9.17) is 8.94 Å². The highest BCUT2D eigenvalue weighted by atomic mass is 16.5. The highest BCUT2D eigenvalue weighted by Gasteiger charge is 2.51. The van der Waals surface area contributed by atoms with E-state index < -0.39 is 17.5 Å². The molecular weight excluding hydrogens is 322 g/mol. The number of hydrogen-bond donors (Lipinski definition) is 1. The summed E-state index contributed by atoms with van der Waals surface area (Å²) in [7, 11) is 0. The molecule has 1 aliphatic heterocycles. The van der Waals surface area contributed by atoms with Crippen molar-refractivity contribution in [1.29, 1.82) is 0 Å². The Morgan fingerprint density at radius 3 is 2.68 bits per heavy atom. The highest BCUT2D eigenvalue weighted by molar-refractivity contribution is 6.06. The lowest BCUT2D eigenvalue weighted by Crippen LogP contribution is -2.40. The van der Waals surface area contributed by atoms with Gasteiger partial charge in [0.15, 0.2) is 11.3 Å². The monoisotopic (exact) mass is 337 g/mol. The van der Waals surface area contributed by atoms with Gasteiger partial charge in [-0.1, -0.05) is 35.5 Å². The SMILES string of the molecule is CC1(c2ccco2)NC(=O)N(Cc2cc(-c3ccccc3)on2)C1=O. The third kappa shape index (κ3) is 2.50. The Morgan fingerprint density at radius 2 is 1.96 bits per heavy atom. The van der Waals surface area contributed by atoms with Crippen molar-refractivity contribution in [3.63, 3.8) is 0 Å². The van der Waals surface area contributed by atoms with Crippen LogP contribution in [0.1, 0.15) is 18.4 Å². The van der Waals surface area contributed by atoms with E-state index in [0.717, 1.165) is 10.5 Å². The van der Waals surface area contributed by atoms with Crippen molar-refractivity contribution in [2.24, 2.45) is 0 Å². The van der Waals surface area contributed by atoms with Gasteiger partial charge in [0.1, 0.15) is 11.5 Å². The van der Waals surface area contributed by atoms with Crippen molar-refractivity contribution in [2.75, 3.05) is 0 Å². The quantitative estimate of drug-likeness (QED) is 0.740. The molecule has 1 saturated heterocycles. The highest BCUT2D eigenvalue weighted by Crippen LogP contribution is 2.30. The Balaban J connectivity index is 1.56. The summed E-state index contributed by atoms with van der Waals surface area (Å²) in [5, 5.41) is 6.64. The van der Waals surface area contributed by atoms with Crippen LogP contribution in [-0.4, -0.2) is 22.0 Å². The largest absolute Gasteiger partial charge is 0.466 e. The summed E-state index contributed by atoms with van der Waals surface area (Å²) >= 11 is 0. The van der Waals surface area contributed by atoms with Gasteiger partial charge in [-0.15, -0.1) is 0 Å². The zero-order chi connectivity index (χ0) is 17.4. The van der Waals surface area contributed by atoms with Crippen molar-refractivity contribution >= 4 is 11.9 Å². The number of benzene rings is 1. The number of carbonyl (C=O) groups is 2. The lowest BCUT2D eigenvalue weighted by atomic mass is 9.99. The molecule has 1 aliphatic rings. The van der Waals surface area contributed by atoms with Crippen LogP contribution in [0.3, 0.4) is 0 Å². The molecule has 1 aromatic carbocycles. The standard InChI is InChI=1S/C18H15N3O4/c1-18(15-8-5-9-24-15)16(22)21(17(23)19-18)11-13-10-14(25-20-13)12-6-3-2-4-7-12/h2-10H,11H2,1H3,(H,19,23). The molecule has 0 spiro atoms. The molecule has 3 aromatic rings. The summed E-state index contributed by atoms with van der Waals surface area (Å²) in [4.78, 5) is 26.1. The van der Waals surface area contributed by atoms with Gasteiger partial charge in [0, 0.05) is 11.6 Å². The Kier molecular flexibility index (Phi) is 3.42. The lowest BCUT2D eigenvalue weighted by molar-refractivity contribution is -0.132. The van der Waals surface area contributed by atoms with Gasteiger partial charge in [-0.25, -0.2) is 4.79 Å². The van der Waals surface area contributed by atoms with Gasteiger partial charge in [-0.2, -0.15) is 0 Å². The lowest BCUT2D eigenvalue weighted by Gasteiger charge is -2.18. The third-order valence-electron chi connectivity index (χ3n) is 4.23. The molecule has 4 rings (SSSR count). The molecule has 25 heavy (non-hydrogen) atoms. The first kappa shape index (κ1) is 15.2. The van der Waals surface area contributed by atoms with E-state index >= 15 is 0 Å². The van der Waals surface area contributed by atoms with Crippen molar-refractivity contribution in [3.05, 3.63) is 66.2 Å². The van der Waals surface area contributed by atoms with E-state index in [2.05, 4.69) is 10.5 Å². The van der Waals surface area contributed by atoms with E-state index in [0.29, 0.717) is 17.2 Å². The predicted octanol–water partition coefficient (Wildman–Crippen LogP) is 2.90. The van der Waals surface area contributed by atoms with Gasteiger partial charge >= 0.3 is 6.03 Å². The number of imide groups is 1. The smallest absolute Gasteiger partial charge is 0.325 e. The zero-order valence-electron chi connectivity index (χ0n) is 13.4. The van der Waals surface area contributed by atoms with Gasteiger partial charge in [0.05, 0.1) is 12.8 Å². The topological polar surface area (TPSA) is 88.6 Å². The fraction of sp³-hybridized carbons (Fsp3) is 0.167. The average molecular weight is 337 g/mol. The third-order valence-corrected chi connectivity index (χ3v) is 4.23. The molecule has 2 aromatic heterocycles. The summed E-state index contributed by atoms with van der Waals surface area (Å²) in [6.07, 6.45) is 1.46. The average Bonchev–Trinajstić information content (AvgIpc) is 3.34. The zero-order valence-corrected chi connectivity index (χ0v) is 13.4. The number of hydrogen-bond acceptors (Lipinski definition) is 5. The Bertz CT molecular complexity index is 917. The fourth-order valence-corrected chi connectivity index (χ4v) is 2.86. The van der Waals surface area contributed by atoms with Crippen molar-refractivity contribution in [3.8, 4) is 11.3 Å².